The lowest BCUT2D eigenvalue weighted by Crippen LogP contribution is -2.64. The van der Waals surface area contributed by atoms with Crippen molar-refractivity contribution < 1.29 is 5.11 Å². The molecule has 1 aliphatic carbocycles. The first-order valence-electron chi connectivity index (χ1n) is 9.67. The van der Waals surface area contributed by atoms with Crippen LogP contribution in [0.4, 0.5) is 0 Å². The van der Waals surface area contributed by atoms with Gasteiger partial charge in [0.2, 0.25) is 0 Å². The average molecular weight is 417 g/mol. The Morgan fingerprint density at radius 2 is 1.86 bits per heavy atom. The number of fused-ring (bicyclic) bond motifs is 1. The second-order valence-corrected chi connectivity index (χ2v) is 9.33. The van der Waals surface area contributed by atoms with Crippen molar-refractivity contribution in [2.75, 3.05) is 0 Å². The maximum atomic E-state index is 9.82. The van der Waals surface area contributed by atoms with E-state index < -0.39 is 5.54 Å². The molecule has 2 aromatic rings. The Hall–Kier alpha value is -1.68. The first-order chi connectivity index (χ1) is 13.2. The molecule has 2 fully saturated rings. The van der Waals surface area contributed by atoms with Gasteiger partial charge >= 0.3 is 0 Å². The smallest absolute Gasteiger partial charge is 0.117 e. The third-order valence-electron chi connectivity index (χ3n) is 7.21. The third kappa shape index (κ3) is 2.67. The van der Waals surface area contributed by atoms with Gasteiger partial charge < -0.3 is 16.2 Å². The molecule has 0 spiro atoms. The van der Waals surface area contributed by atoms with Crippen molar-refractivity contribution in [3.05, 3.63) is 75.9 Å². The number of nitrogens with one attached hydrogen (secondary N) is 1. The van der Waals surface area contributed by atoms with Gasteiger partial charge in [0.15, 0.2) is 0 Å². The van der Waals surface area contributed by atoms with E-state index in [-0.39, 0.29) is 29.0 Å². The molecule has 3 nitrogen and oxygen atoms in total. The molecular weight excluding hydrogens is 391 g/mol. The van der Waals surface area contributed by atoms with Gasteiger partial charge in [-0.3, -0.25) is 0 Å². The number of halogens is 2. The van der Waals surface area contributed by atoms with Crippen LogP contribution in [-0.2, 0) is 0 Å². The topological polar surface area (TPSA) is 58.3 Å². The molecule has 0 bridgehead atoms. The van der Waals surface area contributed by atoms with Crippen LogP contribution >= 0.6 is 23.2 Å². The standard InChI is InChI=1S/C23H26Cl2N2O/c1-13-22(3)11-10-19(18-9-8-17(28)12-20(18)25)21(23(22,26)14(2)27-13)15-4-6-16(24)7-5-15/h4-9,12,14,19,21,27-28H,1,10-11,26H2,2-3H3. The van der Waals surface area contributed by atoms with E-state index in [9.17, 15) is 5.11 Å². The lowest BCUT2D eigenvalue weighted by molar-refractivity contribution is 0.0905. The zero-order valence-corrected chi connectivity index (χ0v) is 17.7. The van der Waals surface area contributed by atoms with Crippen LogP contribution in [0.15, 0.2) is 54.7 Å². The van der Waals surface area contributed by atoms with Crippen LogP contribution in [0.3, 0.4) is 0 Å². The molecule has 1 aliphatic heterocycles. The first-order valence-corrected chi connectivity index (χ1v) is 10.4. The second kappa shape index (κ2) is 6.69. The van der Waals surface area contributed by atoms with Crippen LogP contribution < -0.4 is 11.1 Å². The molecule has 4 N–H and O–H groups in total. The summed E-state index contributed by atoms with van der Waals surface area (Å²) in [6, 6.07) is 13.3. The molecule has 0 amide bonds. The molecule has 0 radical (unpaired) electrons. The number of hydrogen-bond acceptors (Lipinski definition) is 3. The summed E-state index contributed by atoms with van der Waals surface area (Å²) in [5, 5.41) is 14.6. The molecule has 5 unspecified atom stereocenters. The number of phenols is 1. The second-order valence-electron chi connectivity index (χ2n) is 8.49. The van der Waals surface area contributed by atoms with Crippen molar-refractivity contribution in [3.63, 3.8) is 0 Å². The molecule has 2 aromatic carbocycles. The van der Waals surface area contributed by atoms with E-state index in [4.69, 9.17) is 28.9 Å². The highest BCUT2D eigenvalue weighted by molar-refractivity contribution is 6.31. The van der Waals surface area contributed by atoms with E-state index in [0.717, 1.165) is 29.7 Å². The van der Waals surface area contributed by atoms with Gasteiger partial charge in [-0.2, -0.15) is 0 Å². The van der Waals surface area contributed by atoms with Crippen LogP contribution in [0.5, 0.6) is 5.75 Å². The van der Waals surface area contributed by atoms with Gasteiger partial charge in [-0.05, 0) is 61.1 Å². The SMILES string of the molecule is C=C1NC(C)C2(N)C(c3ccc(Cl)cc3)C(c3ccc(O)cc3Cl)CCC12C. The van der Waals surface area contributed by atoms with E-state index in [0.29, 0.717) is 10.0 Å². The van der Waals surface area contributed by atoms with Crippen molar-refractivity contribution >= 4 is 23.2 Å². The quantitative estimate of drug-likeness (QED) is 0.599. The monoisotopic (exact) mass is 416 g/mol. The fraction of sp³-hybridized carbons (Fsp3) is 0.391. The maximum Gasteiger partial charge on any atom is 0.117 e. The normalized spacial score (nSPS) is 34.8. The zero-order chi connectivity index (χ0) is 20.3. The molecule has 28 heavy (non-hydrogen) atoms. The van der Waals surface area contributed by atoms with Crippen molar-refractivity contribution in [3.8, 4) is 5.75 Å². The highest BCUT2D eigenvalue weighted by Gasteiger charge is 2.64. The minimum absolute atomic E-state index is 0.0207. The van der Waals surface area contributed by atoms with Crippen LogP contribution in [0, 0.1) is 5.41 Å². The molecular formula is C23H26Cl2N2O. The fourth-order valence-electron chi connectivity index (χ4n) is 5.53. The first kappa shape index (κ1) is 19.6. The van der Waals surface area contributed by atoms with E-state index in [1.165, 1.54) is 0 Å². The molecule has 1 saturated carbocycles. The lowest BCUT2D eigenvalue weighted by atomic mass is 9.51. The summed E-state index contributed by atoms with van der Waals surface area (Å²) >= 11 is 12.7. The molecule has 1 saturated heterocycles. The highest BCUT2D eigenvalue weighted by atomic mass is 35.5. The van der Waals surface area contributed by atoms with Gasteiger partial charge in [0, 0.05) is 33.1 Å². The van der Waals surface area contributed by atoms with E-state index in [2.05, 4.69) is 37.9 Å². The zero-order valence-electron chi connectivity index (χ0n) is 16.2. The Balaban J connectivity index is 1.92. The Morgan fingerprint density at radius 1 is 1.18 bits per heavy atom. The number of hydrogen-bond donors (Lipinski definition) is 3. The molecule has 4 rings (SSSR count). The van der Waals surface area contributed by atoms with Gasteiger partial charge in [0.1, 0.15) is 5.75 Å². The van der Waals surface area contributed by atoms with Crippen molar-refractivity contribution in [2.45, 2.75) is 50.1 Å². The Morgan fingerprint density at radius 3 is 2.50 bits per heavy atom. The largest absolute Gasteiger partial charge is 0.508 e. The number of aromatic hydroxyl groups is 1. The van der Waals surface area contributed by atoms with Gasteiger partial charge in [0.05, 0.1) is 5.54 Å². The predicted octanol–water partition coefficient (Wildman–Crippen LogP) is 5.57. The third-order valence-corrected chi connectivity index (χ3v) is 7.79. The highest BCUT2D eigenvalue weighted by Crippen LogP contribution is 2.62. The molecule has 0 aromatic heterocycles. The average Bonchev–Trinajstić information content (AvgIpc) is 2.82. The number of phenolic OH excluding ortho intramolecular Hbond substituents is 1. The molecule has 2 aliphatic rings. The Bertz CT molecular complexity index is 929. The summed E-state index contributed by atoms with van der Waals surface area (Å²) in [6.45, 7) is 8.67. The van der Waals surface area contributed by atoms with Gasteiger partial charge in [0.25, 0.3) is 0 Å². The molecule has 5 heteroatoms. The van der Waals surface area contributed by atoms with Crippen molar-refractivity contribution in [1.29, 1.82) is 0 Å². The summed E-state index contributed by atoms with van der Waals surface area (Å²) in [4.78, 5) is 0. The number of nitrogens with two attached hydrogens (primary N) is 1. The van der Waals surface area contributed by atoms with E-state index in [1.807, 2.05) is 18.2 Å². The van der Waals surface area contributed by atoms with E-state index in [1.54, 1.807) is 12.1 Å². The van der Waals surface area contributed by atoms with Gasteiger partial charge in [-0.25, -0.2) is 0 Å². The summed E-state index contributed by atoms with van der Waals surface area (Å²) in [5.74, 6) is 0.319. The molecule has 5 atom stereocenters. The number of rotatable bonds is 2. The Labute approximate surface area is 176 Å². The summed E-state index contributed by atoms with van der Waals surface area (Å²) < 4.78 is 0. The minimum Gasteiger partial charge on any atom is -0.508 e. The number of benzene rings is 2. The maximum absolute atomic E-state index is 9.82. The van der Waals surface area contributed by atoms with Crippen LogP contribution in [0.2, 0.25) is 10.0 Å². The van der Waals surface area contributed by atoms with Crippen molar-refractivity contribution in [2.24, 2.45) is 11.1 Å². The van der Waals surface area contributed by atoms with Crippen LogP contribution in [-0.4, -0.2) is 16.7 Å². The van der Waals surface area contributed by atoms with Gasteiger partial charge in [-0.15, -0.1) is 0 Å². The lowest BCUT2D eigenvalue weighted by Gasteiger charge is -2.55. The van der Waals surface area contributed by atoms with Crippen molar-refractivity contribution in [1.82, 2.24) is 5.32 Å². The summed E-state index contributed by atoms with van der Waals surface area (Å²) in [5.41, 5.74) is 9.72. The molecule has 148 valence electrons. The van der Waals surface area contributed by atoms with E-state index >= 15 is 0 Å². The molecule has 1 heterocycles. The van der Waals surface area contributed by atoms with Crippen LogP contribution in [0.25, 0.3) is 0 Å². The van der Waals surface area contributed by atoms with Gasteiger partial charge in [-0.1, -0.05) is 54.9 Å². The minimum atomic E-state index is -0.540. The fourth-order valence-corrected chi connectivity index (χ4v) is 5.97. The predicted molar refractivity (Wildman–Crippen MR) is 116 cm³/mol. The van der Waals surface area contributed by atoms with Crippen LogP contribution in [0.1, 0.15) is 49.7 Å². The summed E-state index contributed by atoms with van der Waals surface area (Å²) in [6.07, 6.45) is 1.85. The Kier molecular flexibility index (Phi) is 4.69. The summed E-state index contributed by atoms with van der Waals surface area (Å²) in [7, 11) is 0.